The number of hydrogen-bond donors (Lipinski definition) is 2. The fourth-order valence-corrected chi connectivity index (χ4v) is 5.40. The quantitative estimate of drug-likeness (QED) is 0.373. The Kier molecular flexibility index (Phi) is 8.67. The zero-order valence-corrected chi connectivity index (χ0v) is 23.5. The number of nitrogens with one attached hydrogen (secondary N) is 2. The number of carbonyl (C=O) groups is 2. The van der Waals surface area contributed by atoms with Crippen molar-refractivity contribution in [1.29, 1.82) is 0 Å². The molecule has 7 heteroatoms. The molecule has 0 unspecified atom stereocenters. The minimum absolute atomic E-state index is 0.0165. The molecule has 3 aromatic rings. The third-order valence-electron chi connectivity index (χ3n) is 7.34. The van der Waals surface area contributed by atoms with E-state index in [9.17, 15) is 9.59 Å². The molecule has 2 amide bonds. The van der Waals surface area contributed by atoms with Gasteiger partial charge in [0.1, 0.15) is 0 Å². The number of fused-ring (bicyclic) bond motifs is 1. The summed E-state index contributed by atoms with van der Waals surface area (Å²) in [6.07, 6.45) is 1.86. The summed E-state index contributed by atoms with van der Waals surface area (Å²) in [6.45, 7) is 16.1. The van der Waals surface area contributed by atoms with E-state index in [2.05, 4.69) is 78.7 Å². The fraction of sp³-hybridized carbons (Fsp3) is 0.452. The highest BCUT2D eigenvalue weighted by molar-refractivity contribution is 6.02. The van der Waals surface area contributed by atoms with Crippen molar-refractivity contribution >= 4 is 11.8 Å². The highest BCUT2D eigenvalue weighted by Crippen LogP contribution is 2.39. The van der Waals surface area contributed by atoms with Gasteiger partial charge in [0.25, 0.3) is 5.91 Å². The van der Waals surface area contributed by atoms with Gasteiger partial charge in [0.2, 0.25) is 5.91 Å². The lowest BCUT2D eigenvalue weighted by molar-refractivity contribution is -0.118. The van der Waals surface area contributed by atoms with Crippen LogP contribution in [0.25, 0.3) is 22.5 Å². The highest BCUT2D eigenvalue weighted by Gasteiger charge is 2.27. The topological polar surface area (TPSA) is 87.5 Å². The summed E-state index contributed by atoms with van der Waals surface area (Å²) in [5, 5.41) is 10.0. The maximum absolute atomic E-state index is 13.0. The molecule has 4 rings (SSSR count). The molecular formula is C31H40N4O3. The monoisotopic (exact) mass is 516 g/mol. The molecule has 1 aliphatic heterocycles. The van der Waals surface area contributed by atoms with Gasteiger partial charge in [-0.15, -0.1) is 0 Å². The first-order valence-electron chi connectivity index (χ1n) is 13.7. The number of amides is 2. The lowest BCUT2D eigenvalue weighted by atomic mass is 9.88. The maximum atomic E-state index is 13.0. The Bertz CT molecular complexity index is 1320. The Hall–Kier alpha value is -3.45. The summed E-state index contributed by atoms with van der Waals surface area (Å²) in [4.78, 5) is 26.6. The minimum atomic E-state index is -0.227. The third kappa shape index (κ3) is 5.99. The molecule has 0 fully saturated rings. The van der Waals surface area contributed by atoms with Gasteiger partial charge in [0.15, 0.2) is 11.5 Å². The van der Waals surface area contributed by atoms with Gasteiger partial charge in [-0.2, -0.15) is 0 Å². The van der Waals surface area contributed by atoms with E-state index < -0.39 is 0 Å². The van der Waals surface area contributed by atoms with Crippen molar-refractivity contribution in [2.75, 3.05) is 26.2 Å². The van der Waals surface area contributed by atoms with Crippen molar-refractivity contribution in [1.82, 2.24) is 20.7 Å². The number of nitrogens with zero attached hydrogens (tertiary/aromatic N) is 2. The summed E-state index contributed by atoms with van der Waals surface area (Å²) in [5.41, 5.74) is 9.19. The van der Waals surface area contributed by atoms with Crippen LogP contribution < -0.4 is 10.6 Å². The van der Waals surface area contributed by atoms with Crippen LogP contribution in [0.2, 0.25) is 0 Å². The molecule has 0 spiro atoms. The van der Waals surface area contributed by atoms with Gasteiger partial charge in [-0.25, -0.2) is 0 Å². The molecule has 38 heavy (non-hydrogen) atoms. The zero-order chi connectivity index (χ0) is 27.4. The van der Waals surface area contributed by atoms with Crippen LogP contribution in [0, 0.1) is 13.8 Å². The first-order chi connectivity index (χ1) is 18.2. The SMILES string of the molecule is CCNC(=O)c1noc(-c2cc(C(C)C)c(C)cc2C)c1-c1ccc2c(c1)CCN(CCCNC(C)=O)C2. The minimum Gasteiger partial charge on any atom is -0.356 e. The Balaban J connectivity index is 1.70. The molecule has 0 saturated heterocycles. The Morgan fingerprint density at radius 3 is 2.58 bits per heavy atom. The van der Waals surface area contributed by atoms with Crippen LogP contribution in [-0.4, -0.2) is 48.0 Å². The van der Waals surface area contributed by atoms with Crippen LogP contribution in [-0.2, 0) is 17.8 Å². The predicted molar refractivity (Wildman–Crippen MR) is 151 cm³/mol. The number of carbonyl (C=O) groups excluding carboxylic acids is 2. The third-order valence-corrected chi connectivity index (χ3v) is 7.34. The molecule has 0 atom stereocenters. The van der Waals surface area contributed by atoms with Gasteiger partial charge in [0, 0.05) is 45.2 Å². The summed E-state index contributed by atoms with van der Waals surface area (Å²) in [5.74, 6) is 0.798. The van der Waals surface area contributed by atoms with E-state index >= 15 is 0 Å². The van der Waals surface area contributed by atoms with E-state index in [4.69, 9.17) is 4.52 Å². The van der Waals surface area contributed by atoms with E-state index in [1.807, 2.05) is 6.92 Å². The van der Waals surface area contributed by atoms with Gasteiger partial charge in [-0.3, -0.25) is 14.5 Å². The van der Waals surface area contributed by atoms with Crippen LogP contribution in [0.5, 0.6) is 0 Å². The van der Waals surface area contributed by atoms with E-state index in [1.54, 1.807) is 6.92 Å². The number of aryl methyl sites for hydroxylation is 2. The summed E-state index contributed by atoms with van der Waals surface area (Å²) >= 11 is 0. The van der Waals surface area contributed by atoms with Crippen LogP contribution in [0.15, 0.2) is 34.9 Å². The zero-order valence-electron chi connectivity index (χ0n) is 23.5. The van der Waals surface area contributed by atoms with Crippen LogP contribution >= 0.6 is 0 Å². The number of benzene rings is 2. The second-order valence-electron chi connectivity index (χ2n) is 10.6. The predicted octanol–water partition coefficient (Wildman–Crippen LogP) is 5.38. The molecule has 1 aromatic heterocycles. The van der Waals surface area contributed by atoms with Gasteiger partial charge < -0.3 is 15.2 Å². The normalized spacial score (nSPS) is 13.4. The standard InChI is InChI=1S/C31H40N4O3/c1-7-32-31(37)29-28(30(38-34-29)27-17-26(19(2)3)20(4)15-21(27)5)24-9-10-25-18-35(14-11-23(25)16-24)13-8-12-33-22(6)36/h9-10,15-17,19H,7-8,11-14,18H2,1-6H3,(H,32,37)(H,33,36). The van der Waals surface area contributed by atoms with Crippen molar-refractivity contribution < 1.29 is 14.1 Å². The molecule has 1 aliphatic rings. The fourth-order valence-electron chi connectivity index (χ4n) is 5.40. The highest BCUT2D eigenvalue weighted by atomic mass is 16.5. The number of aromatic nitrogens is 1. The van der Waals surface area contributed by atoms with Gasteiger partial charge in [-0.1, -0.05) is 43.3 Å². The smallest absolute Gasteiger partial charge is 0.274 e. The van der Waals surface area contributed by atoms with Crippen LogP contribution in [0.1, 0.15) is 78.3 Å². The molecule has 2 N–H and O–H groups in total. The summed E-state index contributed by atoms with van der Waals surface area (Å²) in [7, 11) is 0. The van der Waals surface area contributed by atoms with E-state index in [1.165, 1.54) is 22.3 Å². The first-order valence-corrected chi connectivity index (χ1v) is 13.7. The van der Waals surface area contributed by atoms with Crippen molar-refractivity contribution in [2.24, 2.45) is 0 Å². The van der Waals surface area contributed by atoms with Crippen molar-refractivity contribution in [3.05, 3.63) is 63.8 Å². The summed E-state index contributed by atoms with van der Waals surface area (Å²) in [6, 6.07) is 10.8. The van der Waals surface area contributed by atoms with Crippen molar-refractivity contribution in [3.63, 3.8) is 0 Å². The van der Waals surface area contributed by atoms with Crippen molar-refractivity contribution in [3.8, 4) is 22.5 Å². The van der Waals surface area contributed by atoms with Crippen LogP contribution in [0.4, 0.5) is 0 Å². The lowest BCUT2D eigenvalue weighted by Gasteiger charge is -2.29. The van der Waals surface area contributed by atoms with E-state index in [0.29, 0.717) is 30.5 Å². The van der Waals surface area contributed by atoms with E-state index in [-0.39, 0.29) is 11.8 Å². The average Bonchev–Trinajstić information content (AvgIpc) is 3.31. The molecule has 7 nitrogen and oxygen atoms in total. The number of rotatable bonds is 9. The maximum Gasteiger partial charge on any atom is 0.274 e. The molecule has 0 aliphatic carbocycles. The van der Waals surface area contributed by atoms with Crippen LogP contribution in [0.3, 0.4) is 0 Å². The molecule has 202 valence electrons. The Morgan fingerprint density at radius 2 is 1.87 bits per heavy atom. The van der Waals surface area contributed by atoms with Gasteiger partial charge in [-0.05, 0) is 79.0 Å². The largest absolute Gasteiger partial charge is 0.356 e. The molecular weight excluding hydrogens is 476 g/mol. The number of hydrogen-bond acceptors (Lipinski definition) is 5. The molecule has 2 heterocycles. The van der Waals surface area contributed by atoms with Gasteiger partial charge >= 0.3 is 0 Å². The van der Waals surface area contributed by atoms with Crippen molar-refractivity contribution in [2.45, 2.75) is 66.8 Å². The van der Waals surface area contributed by atoms with E-state index in [0.717, 1.165) is 54.7 Å². The molecule has 0 saturated carbocycles. The first kappa shape index (κ1) is 27.6. The average molecular weight is 517 g/mol. The summed E-state index contributed by atoms with van der Waals surface area (Å²) < 4.78 is 5.94. The molecule has 2 aromatic carbocycles. The lowest BCUT2D eigenvalue weighted by Crippen LogP contribution is -2.33. The second-order valence-corrected chi connectivity index (χ2v) is 10.6. The Labute approximate surface area is 226 Å². The second kappa shape index (κ2) is 11.9. The van der Waals surface area contributed by atoms with Gasteiger partial charge in [0.05, 0.1) is 5.56 Å². The molecule has 0 bridgehead atoms. The Morgan fingerprint density at radius 1 is 1.08 bits per heavy atom. The molecule has 0 radical (unpaired) electrons.